The quantitative estimate of drug-likeness (QED) is 0.834. The fraction of sp³-hybridized carbons (Fsp3) is 0.308. The summed E-state index contributed by atoms with van der Waals surface area (Å²) in [6.45, 7) is 4.15. The van der Waals surface area contributed by atoms with Crippen LogP contribution in [0.5, 0.6) is 0 Å². The van der Waals surface area contributed by atoms with E-state index in [9.17, 15) is 4.39 Å². The average Bonchev–Trinajstić information content (AvgIpc) is 2.55. The van der Waals surface area contributed by atoms with Crippen molar-refractivity contribution >= 4 is 28.4 Å². The van der Waals surface area contributed by atoms with Gasteiger partial charge in [0, 0.05) is 21.7 Å². The summed E-state index contributed by atoms with van der Waals surface area (Å²) in [6, 6.07) is 4.71. The summed E-state index contributed by atoms with van der Waals surface area (Å²) < 4.78 is 15.7. The summed E-state index contributed by atoms with van der Waals surface area (Å²) in [5, 5.41) is 4.46. The highest BCUT2D eigenvalue weighted by atomic mass is 127. The van der Waals surface area contributed by atoms with Crippen molar-refractivity contribution in [1.82, 2.24) is 9.78 Å². The lowest BCUT2D eigenvalue weighted by Crippen LogP contribution is -2.00. The van der Waals surface area contributed by atoms with Gasteiger partial charge in [-0.3, -0.25) is 4.68 Å². The first-order valence-corrected chi connectivity index (χ1v) is 6.77. The molecular formula is C13H15FIN3. The molecule has 0 fully saturated rings. The van der Waals surface area contributed by atoms with Crippen molar-refractivity contribution < 1.29 is 4.39 Å². The van der Waals surface area contributed by atoms with E-state index in [0.29, 0.717) is 5.82 Å². The van der Waals surface area contributed by atoms with Gasteiger partial charge in [0.05, 0.1) is 5.69 Å². The molecule has 2 N–H and O–H groups in total. The molecule has 0 unspecified atom stereocenters. The number of nitrogens with zero attached hydrogens (tertiary/aromatic N) is 2. The topological polar surface area (TPSA) is 43.8 Å². The van der Waals surface area contributed by atoms with Crippen molar-refractivity contribution in [2.75, 3.05) is 5.73 Å². The van der Waals surface area contributed by atoms with Crippen LogP contribution in [-0.2, 0) is 7.05 Å². The highest BCUT2D eigenvalue weighted by molar-refractivity contribution is 14.1. The molecule has 0 aliphatic heterocycles. The Morgan fingerprint density at radius 3 is 2.61 bits per heavy atom. The fourth-order valence-corrected chi connectivity index (χ4v) is 2.74. The summed E-state index contributed by atoms with van der Waals surface area (Å²) in [7, 11) is 1.82. The third-order valence-electron chi connectivity index (χ3n) is 2.89. The van der Waals surface area contributed by atoms with Crippen molar-refractivity contribution in [3.8, 4) is 11.3 Å². The number of nitrogen functional groups attached to an aromatic ring is 1. The van der Waals surface area contributed by atoms with Crippen LogP contribution in [0.3, 0.4) is 0 Å². The van der Waals surface area contributed by atoms with Crippen molar-refractivity contribution in [2.45, 2.75) is 19.8 Å². The molecule has 3 nitrogen and oxygen atoms in total. The van der Waals surface area contributed by atoms with Gasteiger partial charge in [0.15, 0.2) is 0 Å². The summed E-state index contributed by atoms with van der Waals surface area (Å²) >= 11 is 2.12. The first-order chi connectivity index (χ1) is 8.41. The Morgan fingerprint density at radius 2 is 2.06 bits per heavy atom. The van der Waals surface area contributed by atoms with E-state index >= 15 is 0 Å². The second-order valence-corrected chi connectivity index (χ2v) is 5.71. The van der Waals surface area contributed by atoms with Crippen LogP contribution < -0.4 is 5.73 Å². The second kappa shape index (κ2) is 4.87. The van der Waals surface area contributed by atoms with Gasteiger partial charge in [-0.05, 0) is 46.7 Å². The highest BCUT2D eigenvalue weighted by Crippen LogP contribution is 2.34. The van der Waals surface area contributed by atoms with Crippen LogP contribution in [0.25, 0.3) is 11.3 Å². The number of hydrogen-bond acceptors (Lipinski definition) is 2. The number of nitrogens with two attached hydrogens (primary N) is 1. The molecule has 0 aliphatic carbocycles. The van der Waals surface area contributed by atoms with Gasteiger partial charge in [-0.2, -0.15) is 5.10 Å². The molecule has 0 saturated carbocycles. The predicted octanol–water partition coefficient (Wildman–Crippen LogP) is 3.54. The third-order valence-corrected chi connectivity index (χ3v) is 3.79. The molecule has 0 spiro atoms. The van der Waals surface area contributed by atoms with Gasteiger partial charge in [0.1, 0.15) is 11.6 Å². The minimum absolute atomic E-state index is 0.238. The number of anilines is 1. The standard InChI is InChI=1S/C13H15FIN3/c1-7(2)11-12(17-18(3)13(11)16)9-5-4-8(14)6-10(9)15/h4-7H,16H2,1-3H3. The maximum absolute atomic E-state index is 13.2. The zero-order valence-electron chi connectivity index (χ0n) is 10.5. The highest BCUT2D eigenvalue weighted by Gasteiger charge is 2.19. The van der Waals surface area contributed by atoms with E-state index in [0.717, 1.165) is 20.4 Å². The molecular weight excluding hydrogens is 344 g/mol. The smallest absolute Gasteiger partial charge is 0.125 e. The van der Waals surface area contributed by atoms with Crippen molar-refractivity contribution in [1.29, 1.82) is 0 Å². The summed E-state index contributed by atoms with van der Waals surface area (Å²) in [5.41, 5.74) is 8.83. The predicted molar refractivity (Wildman–Crippen MR) is 79.8 cm³/mol. The fourth-order valence-electron chi connectivity index (χ4n) is 2.00. The summed E-state index contributed by atoms with van der Waals surface area (Å²) in [4.78, 5) is 0. The number of hydrogen-bond donors (Lipinski definition) is 1. The van der Waals surface area contributed by atoms with E-state index in [1.165, 1.54) is 12.1 Å². The number of benzene rings is 1. The third kappa shape index (κ3) is 2.23. The van der Waals surface area contributed by atoms with E-state index in [2.05, 4.69) is 41.5 Å². The number of halogens is 2. The molecule has 0 radical (unpaired) electrons. The molecule has 0 saturated heterocycles. The molecule has 0 atom stereocenters. The lowest BCUT2D eigenvalue weighted by molar-refractivity contribution is 0.627. The molecule has 1 heterocycles. The monoisotopic (exact) mass is 359 g/mol. The van der Waals surface area contributed by atoms with Gasteiger partial charge in [-0.1, -0.05) is 13.8 Å². The molecule has 0 amide bonds. The van der Waals surface area contributed by atoms with Crippen molar-refractivity contribution in [3.63, 3.8) is 0 Å². The second-order valence-electron chi connectivity index (χ2n) is 4.55. The molecule has 2 rings (SSSR count). The Morgan fingerprint density at radius 1 is 1.39 bits per heavy atom. The van der Waals surface area contributed by atoms with Gasteiger partial charge >= 0.3 is 0 Å². The number of aryl methyl sites for hydroxylation is 1. The zero-order chi connectivity index (χ0) is 13.4. The average molecular weight is 359 g/mol. The first-order valence-electron chi connectivity index (χ1n) is 5.69. The Hall–Kier alpha value is -1.11. The van der Waals surface area contributed by atoms with E-state index < -0.39 is 0 Å². The molecule has 1 aromatic heterocycles. The van der Waals surface area contributed by atoms with Crippen LogP contribution in [0.2, 0.25) is 0 Å². The van der Waals surface area contributed by atoms with E-state index in [4.69, 9.17) is 5.73 Å². The van der Waals surface area contributed by atoms with Gasteiger partial charge in [-0.15, -0.1) is 0 Å². The lowest BCUT2D eigenvalue weighted by Gasteiger charge is -2.08. The van der Waals surface area contributed by atoms with Crippen LogP contribution in [0.15, 0.2) is 18.2 Å². The van der Waals surface area contributed by atoms with Gasteiger partial charge in [0.2, 0.25) is 0 Å². The van der Waals surface area contributed by atoms with Gasteiger partial charge < -0.3 is 5.73 Å². The van der Waals surface area contributed by atoms with E-state index in [1.807, 2.05) is 7.05 Å². The van der Waals surface area contributed by atoms with Crippen LogP contribution in [-0.4, -0.2) is 9.78 Å². The number of aromatic nitrogens is 2. The van der Waals surface area contributed by atoms with Gasteiger partial charge in [0.25, 0.3) is 0 Å². The minimum atomic E-state index is -0.238. The van der Waals surface area contributed by atoms with E-state index in [1.54, 1.807) is 10.7 Å². The maximum atomic E-state index is 13.2. The van der Waals surface area contributed by atoms with E-state index in [-0.39, 0.29) is 11.7 Å². The molecule has 18 heavy (non-hydrogen) atoms. The Labute approximate surface area is 119 Å². The zero-order valence-corrected chi connectivity index (χ0v) is 12.7. The Bertz CT molecular complexity index is 590. The minimum Gasteiger partial charge on any atom is -0.384 e. The SMILES string of the molecule is CC(C)c1c(-c2ccc(F)cc2I)nn(C)c1N. The first kappa shape index (κ1) is 13.3. The van der Waals surface area contributed by atoms with Crippen LogP contribution in [0.4, 0.5) is 10.2 Å². The molecule has 5 heteroatoms. The normalized spacial score (nSPS) is 11.2. The Kier molecular flexibility index (Phi) is 3.61. The number of rotatable bonds is 2. The molecule has 1 aromatic carbocycles. The maximum Gasteiger partial charge on any atom is 0.125 e. The van der Waals surface area contributed by atoms with Crippen molar-refractivity contribution in [3.05, 3.63) is 33.1 Å². The van der Waals surface area contributed by atoms with Crippen molar-refractivity contribution in [2.24, 2.45) is 7.05 Å². The largest absolute Gasteiger partial charge is 0.384 e. The summed E-state index contributed by atoms with van der Waals surface area (Å²) in [6.07, 6.45) is 0. The van der Waals surface area contributed by atoms with Crippen LogP contribution in [0.1, 0.15) is 25.3 Å². The molecule has 0 bridgehead atoms. The Balaban J connectivity index is 2.67. The lowest BCUT2D eigenvalue weighted by atomic mass is 9.99. The molecule has 2 aromatic rings. The molecule has 0 aliphatic rings. The van der Waals surface area contributed by atoms with Gasteiger partial charge in [-0.25, -0.2) is 4.39 Å². The summed E-state index contributed by atoms with van der Waals surface area (Å²) in [5.74, 6) is 0.702. The molecule has 96 valence electrons. The van der Waals surface area contributed by atoms with Crippen LogP contribution in [0, 0.1) is 9.39 Å². The van der Waals surface area contributed by atoms with Crippen LogP contribution >= 0.6 is 22.6 Å².